The van der Waals surface area contributed by atoms with Crippen molar-refractivity contribution in [3.63, 3.8) is 0 Å². The number of nitrogens with two attached hydrogens (primary N) is 2. The molecule has 7 heteroatoms. The Morgan fingerprint density at radius 1 is 0.969 bits per heavy atom. The molecule has 5 nitrogen and oxygen atoms in total. The van der Waals surface area contributed by atoms with Gasteiger partial charge in [-0.05, 0) is 29.3 Å². The van der Waals surface area contributed by atoms with Crippen LogP contribution in [0.5, 0.6) is 5.75 Å². The molecule has 0 bridgehead atoms. The quantitative estimate of drug-likeness (QED) is 0.284. The summed E-state index contributed by atoms with van der Waals surface area (Å²) in [4.78, 5) is 17.1. The SMILES string of the molecule is CN=C(N)c1ccc(OCc2ccc(C=CCN)cc2)c(C(=O)c2ccccc2)c1.Cl.Cl. The van der Waals surface area contributed by atoms with Crippen LogP contribution >= 0.6 is 24.8 Å². The van der Waals surface area contributed by atoms with E-state index in [1.807, 2.05) is 54.6 Å². The normalized spacial score (nSPS) is 10.9. The van der Waals surface area contributed by atoms with E-state index < -0.39 is 0 Å². The van der Waals surface area contributed by atoms with Crippen molar-refractivity contribution in [1.82, 2.24) is 0 Å². The first-order chi connectivity index (χ1) is 14.6. The minimum atomic E-state index is -0.126. The van der Waals surface area contributed by atoms with E-state index in [0.717, 1.165) is 11.1 Å². The number of amidine groups is 1. The fraction of sp³-hybridized carbons (Fsp3) is 0.120. The zero-order chi connectivity index (χ0) is 21.3. The predicted octanol–water partition coefficient (Wildman–Crippen LogP) is 4.65. The smallest absolute Gasteiger partial charge is 0.196 e. The minimum Gasteiger partial charge on any atom is -0.488 e. The fourth-order valence-corrected chi connectivity index (χ4v) is 2.96. The molecule has 168 valence electrons. The Bertz CT molecular complexity index is 1070. The summed E-state index contributed by atoms with van der Waals surface area (Å²) < 4.78 is 6.02. The van der Waals surface area contributed by atoms with E-state index in [1.54, 1.807) is 37.4 Å². The Labute approximate surface area is 201 Å². The van der Waals surface area contributed by atoms with E-state index in [0.29, 0.717) is 41.4 Å². The highest BCUT2D eigenvalue weighted by atomic mass is 35.5. The monoisotopic (exact) mass is 471 g/mol. The van der Waals surface area contributed by atoms with Crippen LogP contribution in [0.15, 0.2) is 83.9 Å². The highest BCUT2D eigenvalue weighted by Crippen LogP contribution is 2.25. The topological polar surface area (TPSA) is 90.7 Å². The van der Waals surface area contributed by atoms with Gasteiger partial charge in [-0.25, -0.2) is 0 Å². The number of ketones is 1. The second kappa shape index (κ2) is 13.3. The van der Waals surface area contributed by atoms with Crippen molar-refractivity contribution in [2.45, 2.75) is 6.61 Å². The molecule has 0 aliphatic carbocycles. The summed E-state index contributed by atoms with van der Waals surface area (Å²) in [5, 5.41) is 0. The number of carbonyl (C=O) groups excluding carboxylic acids is 1. The summed E-state index contributed by atoms with van der Waals surface area (Å²) in [6.45, 7) is 0.846. The molecule has 0 aliphatic rings. The number of aliphatic imine (C=N–C) groups is 1. The van der Waals surface area contributed by atoms with E-state index in [2.05, 4.69) is 4.99 Å². The Balaban J connectivity index is 0.00000256. The molecule has 3 aromatic rings. The van der Waals surface area contributed by atoms with Crippen molar-refractivity contribution in [3.8, 4) is 5.75 Å². The minimum absolute atomic E-state index is 0. The van der Waals surface area contributed by atoms with Crippen molar-refractivity contribution >= 4 is 42.5 Å². The lowest BCUT2D eigenvalue weighted by Gasteiger charge is -2.13. The zero-order valence-corrected chi connectivity index (χ0v) is 19.4. The summed E-state index contributed by atoms with van der Waals surface area (Å²) in [5.41, 5.74) is 15.2. The van der Waals surface area contributed by atoms with Gasteiger partial charge in [0.2, 0.25) is 0 Å². The van der Waals surface area contributed by atoms with Gasteiger partial charge >= 0.3 is 0 Å². The first-order valence-electron chi connectivity index (χ1n) is 9.67. The van der Waals surface area contributed by atoms with Crippen LogP contribution in [0.2, 0.25) is 0 Å². The third-order valence-corrected chi connectivity index (χ3v) is 4.62. The largest absolute Gasteiger partial charge is 0.488 e. The molecule has 0 saturated carbocycles. The first-order valence-corrected chi connectivity index (χ1v) is 9.67. The van der Waals surface area contributed by atoms with Crippen LogP contribution in [0.4, 0.5) is 0 Å². The van der Waals surface area contributed by atoms with Gasteiger partial charge in [-0.3, -0.25) is 9.79 Å². The molecule has 0 atom stereocenters. The number of hydrogen-bond acceptors (Lipinski definition) is 4. The van der Waals surface area contributed by atoms with Crippen LogP contribution in [0, 0.1) is 0 Å². The van der Waals surface area contributed by atoms with Gasteiger partial charge in [0.05, 0.1) is 5.56 Å². The van der Waals surface area contributed by atoms with Crippen LogP contribution in [0.1, 0.15) is 32.6 Å². The molecular formula is C25H27Cl2N3O2. The van der Waals surface area contributed by atoms with Crippen LogP contribution in [-0.4, -0.2) is 25.2 Å². The maximum Gasteiger partial charge on any atom is 0.196 e. The Hall–Kier alpha value is -3.12. The lowest BCUT2D eigenvalue weighted by molar-refractivity contribution is 0.103. The number of hydrogen-bond donors (Lipinski definition) is 2. The van der Waals surface area contributed by atoms with Gasteiger partial charge in [0, 0.05) is 24.7 Å². The molecule has 0 amide bonds. The molecular weight excluding hydrogens is 445 g/mol. The van der Waals surface area contributed by atoms with Crippen LogP contribution in [-0.2, 0) is 6.61 Å². The molecule has 0 heterocycles. The van der Waals surface area contributed by atoms with Crippen molar-refractivity contribution in [1.29, 1.82) is 0 Å². The number of nitrogens with zero attached hydrogens (tertiary/aromatic N) is 1. The summed E-state index contributed by atoms with van der Waals surface area (Å²) >= 11 is 0. The maximum absolute atomic E-state index is 13.1. The highest BCUT2D eigenvalue weighted by molar-refractivity contribution is 6.12. The molecule has 0 aliphatic heterocycles. The molecule has 3 aromatic carbocycles. The van der Waals surface area contributed by atoms with Gasteiger partial charge < -0.3 is 16.2 Å². The third-order valence-electron chi connectivity index (χ3n) is 4.62. The average Bonchev–Trinajstić information content (AvgIpc) is 2.81. The second-order valence-electron chi connectivity index (χ2n) is 6.68. The molecule has 0 fully saturated rings. The van der Waals surface area contributed by atoms with Gasteiger partial charge in [-0.15, -0.1) is 24.8 Å². The van der Waals surface area contributed by atoms with Gasteiger partial charge in [0.15, 0.2) is 5.78 Å². The lowest BCUT2D eigenvalue weighted by atomic mass is 10.00. The van der Waals surface area contributed by atoms with E-state index in [1.165, 1.54) is 0 Å². The number of halogens is 2. The molecule has 0 radical (unpaired) electrons. The van der Waals surface area contributed by atoms with Gasteiger partial charge in [-0.1, -0.05) is 66.7 Å². The Morgan fingerprint density at radius 3 is 2.28 bits per heavy atom. The summed E-state index contributed by atoms with van der Waals surface area (Å²) in [6.07, 6.45) is 3.87. The van der Waals surface area contributed by atoms with Crippen molar-refractivity contribution in [2.75, 3.05) is 13.6 Å². The number of carbonyl (C=O) groups is 1. The van der Waals surface area contributed by atoms with Crippen LogP contribution < -0.4 is 16.2 Å². The molecule has 0 unspecified atom stereocenters. The average molecular weight is 472 g/mol. The summed E-state index contributed by atoms with van der Waals surface area (Å²) in [7, 11) is 1.62. The number of ether oxygens (including phenoxy) is 1. The Kier molecular flexibility index (Phi) is 11.2. The number of rotatable bonds is 8. The predicted molar refractivity (Wildman–Crippen MR) is 136 cm³/mol. The van der Waals surface area contributed by atoms with E-state index >= 15 is 0 Å². The fourth-order valence-electron chi connectivity index (χ4n) is 2.96. The maximum atomic E-state index is 13.1. The van der Waals surface area contributed by atoms with E-state index in [-0.39, 0.29) is 30.6 Å². The van der Waals surface area contributed by atoms with Crippen LogP contribution in [0.25, 0.3) is 6.08 Å². The standard InChI is InChI=1S/C25H25N3O2.2ClH/c1-28-25(27)21-13-14-23(22(16-21)24(29)20-7-3-2-4-8-20)30-17-19-11-9-18(10-12-19)6-5-15-26;;/h2-14,16H,15,17,26H2,1H3,(H2,27,28);2*1H. The van der Waals surface area contributed by atoms with Gasteiger partial charge in [-0.2, -0.15) is 0 Å². The summed E-state index contributed by atoms with van der Waals surface area (Å²) in [5.74, 6) is 0.743. The first kappa shape index (κ1) is 26.9. The second-order valence-corrected chi connectivity index (χ2v) is 6.68. The van der Waals surface area contributed by atoms with Gasteiger partial charge in [0.25, 0.3) is 0 Å². The molecule has 0 spiro atoms. The van der Waals surface area contributed by atoms with Gasteiger partial charge in [0.1, 0.15) is 18.2 Å². The molecule has 0 aromatic heterocycles. The third kappa shape index (κ3) is 6.95. The van der Waals surface area contributed by atoms with Crippen molar-refractivity contribution < 1.29 is 9.53 Å². The highest BCUT2D eigenvalue weighted by Gasteiger charge is 2.16. The zero-order valence-electron chi connectivity index (χ0n) is 17.7. The lowest BCUT2D eigenvalue weighted by Crippen LogP contribution is -2.15. The summed E-state index contributed by atoms with van der Waals surface area (Å²) in [6, 6.07) is 22.4. The molecule has 3 rings (SSSR count). The van der Waals surface area contributed by atoms with Crippen LogP contribution in [0.3, 0.4) is 0 Å². The Morgan fingerprint density at radius 2 is 1.66 bits per heavy atom. The van der Waals surface area contributed by atoms with Crippen molar-refractivity contribution in [2.24, 2.45) is 16.5 Å². The van der Waals surface area contributed by atoms with E-state index in [9.17, 15) is 4.79 Å². The molecule has 0 saturated heterocycles. The molecule has 4 N–H and O–H groups in total. The van der Waals surface area contributed by atoms with Crippen molar-refractivity contribution in [3.05, 3.63) is 107 Å². The molecule has 32 heavy (non-hydrogen) atoms. The number of benzene rings is 3. The van der Waals surface area contributed by atoms with E-state index in [4.69, 9.17) is 16.2 Å².